The molecule has 0 saturated carbocycles. The summed E-state index contributed by atoms with van der Waals surface area (Å²) in [7, 11) is 0. The number of aromatic nitrogens is 2. The normalized spacial score (nSPS) is 10.5. The first-order valence-electron chi connectivity index (χ1n) is 4.62. The van der Waals surface area contributed by atoms with E-state index in [-0.39, 0.29) is 18.3 Å². The SMILES string of the molecule is Nc1nn(COc2ccc(Cl)cc2F)cc1Cl. The van der Waals surface area contributed by atoms with Gasteiger partial charge in [-0.3, -0.25) is 0 Å². The first-order valence-corrected chi connectivity index (χ1v) is 5.38. The molecule has 0 aliphatic rings. The minimum atomic E-state index is -0.538. The Labute approximate surface area is 107 Å². The molecule has 17 heavy (non-hydrogen) atoms. The molecule has 1 heterocycles. The molecule has 2 rings (SSSR count). The van der Waals surface area contributed by atoms with Gasteiger partial charge in [0.25, 0.3) is 0 Å². The van der Waals surface area contributed by atoms with Crippen LogP contribution in [0.3, 0.4) is 0 Å². The van der Waals surface area contributed by atoms with Gasteiger partial charge in [-0.15, -0.1) is 0 Å². The van der Waals surface area contributed by atoms with Gasteiger partial charge >= 0.3 is 0 Å². The maximum atomic E-state index is 13.3. The lowest BCUT2D eigenvalue weighted by atomic mass is 10.3. The monoisotopic (exact) mass is 275 g/mol. The van der Waals surface area contributed by atoms with Crippen LogP contribution in [0.1, 0.15) is 0 Å². The lowest BCUT2D eigenvalue weighted by Crippen LogP contribution is -2.07. The van der Waals surface area contributed by atoms with Crippen LogP contribution in [0.25, 0.3) is 0 Å². The number of ether oxygens (including phenoxy) is 1. The van der Waals surface area contributed by atoms with Crippen molar-refractivity contribution in [2.45, 2.75) is 6.73 Å². The largest absolute Gasteiger partial charge is 0.468 e. The summed E-state index contributed by atoms with van der Waals surface area (Å²) in [4.78, 5) is 0. The quantitative estimate of drug-likeness (QED) is 0.937. The van der Waals surface area contributed by atoms with E-state index in [4.69, 9.17) is 33.7 Å². The van der Waals surface area contributed by atoms with E-state index in [1.165, 1.54) is 29.1 Å². The molecule has 1 aromatic heterocycles. The van der Waals surface area contributed by atoms with Gasteiger partial charge in [0.05, 0.1) is 0 Å². The van der Waals surface area contributed by atoms with Crippen molar-refractivity contribution in [1.29, 1.82) is 0 Å². The van der Waals surface area contributed by atoms with Crippen LogP contribution in [0.5, 0.6) is 5.75 Å². The molecular weight excluding hydrogens is 268 g/mol. The third-order valence-corrected chi connectivity index (χ3v) is 2.52. The second-order valence-electron chi connectivity index (χ2n) is 3.25. The number of halogens is 3. The van der Waals surface area contributed by atoms with Crippen LogP contribution in [0, 0.1) is 5.82 Å². The molecule has 1 aromatic carbocycles. The zero-order valence-corrected chi connectivity index (χ0v) is 10.0. The van der Waals surface area contributed by atoms with Gasteiger partial charge in [0, 0.05) is 11.2 Å². The fourth-order valence-electron chi connectivity index (χ4n) is 1.21. The third-order valence-electron chi connectivity index (χ3n) is 1.99. The minimum absolute atomic E-state index is 0.00940. The van der Waals surface area contributed by atoms with E-state index in [1.807, 2.05) is 0 Å². The summed E-state index contributed by atoms with van der Waals surface area (Å²) in [6.07, 6.45) is 1.49. The molecular formula is C10H8Cl2FN3O. The Bertz CT molecular complexity index is 525. The molecule has 0 spiro atoms. The standard InChI is InChI=1S/C10H8Cl2FN3O/c11-6-1-2-9(8(13)3-6)17-5-16-4-7(12)10(14)15-16/h1-4H,5H2,(H2,14,15). The van der Waals surface area contributed by atoms with Crippen molar-refractivity contribution >= 4 is 29.0 Å². The molecule has 0 bridgehead atoms. The van der Waals surface area contributed by atoms with Crippen LogP contribution in [-0.4, -0.2) is 9.78 Å². The smallest absolute Gasteiger partial charge is 0.181 e. The van der Waals surface area contributed by atoms with Crippen LogP contribution >= 0.6 is 23.2 Å². The Morgan fingerprint density at radius 1 is 1.41 bits per heavy atom. The highest BCUT2D eigenvalue weighted by Gasteiger charge is 2.06. The van der Waals surface area contributed by atoms with Crippen molar-refractivity contribution in [2.75, 3.05) is 5.73 Å². The summed E-state index contributed by atoms with van der Waals surface area (Å²) in [6, 6.07) is 4.14. The first kappa shape index (κ1) is 12.0. The van der Waals surface area contributed by atoms with Crippen molar-refractivity contribution in [1.82, 2.24) is 9.78 Å². The molecule has 0 amide bonds. The second kappa shape index (κ2) is 4.81. The predicted octanol–water partition coefficient (Wildman–Crippen LogP) is 2.95. The summed E-state index contributed by atoms with van der Waals surface area (Å²) in [5, 5.41) is 4.49. The minimum Gasteiger partial charge on any atom is -0.468 e. The van der Waals surface area contributed by atoms with Crippen LogP contribution in [0.15, 0.2) is 24.4 Å². The molecule has 0 fully saturated rings. The van der Waals surface area contributed by atoms with Gasteiger partial charge in [-0.05, 0) is 18.2 Å². The highest BCUT2D eigenvalue weighted by molar-refractivity contribution is 6.32. The zero-order valence-electron chi connectivity index (χ0n) is 8.53. The number of hydrogen-bond acceptors (Lipinski definition) is 3. The number of rotatable bonds is 3. The molecule has 0 radical (unpaired) electrons. The Morgan fingerprint density at radius 3 is 2.76 bits per heavy atom. The molecule has 7 heteroatoms. The van der Waals surface area contributed by atoms with E-state index in [2.05, 4.69) is 5.10 Å². The van der Waals surface area contributed by atoms with Crippen molar-refractivity contribution in [3.8, 4) is 5.75 Å². The Kier molecular flexibility index (Phi) is 3.40. The summed E-state index contributed by atoms with van der Waals surface area (Å²) in [5.74, 6) is -0.254. The number of nitrogen functional groups attached to an aromatic ring is 1. The number of hydrogen-bond donors (Lipinski definition) is 1. The average Bonchev–Trinajstić information content (AvgIpc) is 2.57. The molecule has 0 aliphatic carbocycles. The zero-order chi connectivity index (χ0) is 12.4. The molecule has 2 N–H and O–H groups in total. The molecule has 0 unspecified atom stereocenters. The van der Waals surface area contributed by atoms with Crippen molar-refractivity contribution in [3.05, 3.63) is 40.3 Å². The van der Waals surface area contributed by atoms with Gasteiger partial charge in [-0.1, -0.05) is 23.2 Å². The number of nitrogens with two attached hydrogens (primary N) is 1. The third kappa shape index (κ3) is 2.81. The highest BCUT2D eigenvalue weighted by Crippen LogP contribution is 2.22. The van der Waals surface area contributed by atoms with E-state index in [0.29, 0.717) is 10.0 Å². The molecule has 2 aromatic rings. The first-order chi connectivity index (χ1) is 8.06. The van der Waals surface area contributed by atoms with Gasteiger partial charge in [0.2, 0.25) is 0 Å². The second-order valence-corrected chi connectivity index (χ2v) is 4.09. The summed E-state index contributed by atoms with van der Waals surface area (Å²) in [6.45, 7) is 0.00940. The van der Waals surface area contributed by atoms with E-state index in [9.17, 15) is 4.39 Å². The summed E-state index contributed by atoms with van der Waals surface area (Å²) >= 11 is 11.3. The number of benzene rings is 1. The summed E-state index contributed by atoms with van der Waals surface area (Å²) in [5.41, 5.74) is 5.45. The van der Waals surface area contributed by atoms with Crippen LogP contribution in [0.4, 0.5) is 10.2 Å². The predicted molar refractivity (Wildman–Crippen MR) is 63.7 cm³/mol. The topological polar surface area (TPSA) is 53.1 Å². The van der Waals surface area contributed by atoms with E-state index < -0.39 is 5.82 Å². The Morgan fingerprint density at radius 2 is 2.18 bits per heavy atom. The van der Waals surface area contributed by atoms with E-state index in [1.54, 1.807) is 0 Å². The fraction of sp³-hybridized carbons (Fsp3) is 0.100. The van der Waals surface area contributed by atoms with Crippen molar-refractivity contribution in [3.63, 3.8) is 0 Å². The Balaban J connectivity index is 2.07. The lowest BCUT2D eigenvalue weighted by molar-refractivity contribution is 0.212. The lowest BCUT2D eigenvalue weighted by Gasteiger charge is -2.06. The highest BCUT2D eigenvalue weighted by atomic mass is 35.5. The number of anilines is 1. The van der Waals surface area contributed by atoms with Gasteiger partial charge in [0.15, 0.2) is 24.1 Å². The average molecular weight is 276 g/mol. The number of nitrogens with zero attached hydrogens (tertiary/aromatic N) is 2. The van der Waals surface area contributed by atoms with E-state index in [0.717, 1.165) is 0 Å². The van der Waals surface area contributed by atoms with Gasteiger partial charge < -0.3 is 10.5 Å². The molecule has 4 nitrogen and oxygen atoms in total. The van der Waals surface area contributed by atoms with Gasteiger partial charge in [0.1, 0.15) is 5.02 Å². The molecule has 0 saturated heterocycles. The van der Waals surface area contributed by atoms with Crippen LogP contribution < -0.4 is 10.5 Å². The van der Waals surface area contributed by atoms with Gasteiger partial charge in [-0.25, -0.2) is 9.07 Å². The maximum Gasteiger partial charge on any atom is 0.181 e. The summed E-state index contributed by atoms with van der Waals surface area (Å²) < 4.78 is 19.9. The van der Waals surface area contributed by atoms with Crippen LogP contribution in [-0.2, 0) is 6.73 Å². The van der Waals surface area contributed by atoms with Crippen LogP contribution in [0.2, 0.25) is 10.0 Å². The van der Waals surface area contributed by atoms with Gasteiger partial charge in [-0.2, -0.15) is 5.10 Å². The van der Waals surface area contributed by atoms with Crippen molar-refractivity contribution in [2.24, 2.45) is 0 Å². The van der Waals surface area contributed by atoms with E-state index >= 15 is 0 Å². The maximum absolute atomic E-state index is 13.3. The molecule has 0 atom stereocenters. The Hall–Kier alpha value is -1.46. The molecule has 0 aliphatic heterocycles. The fourth-order valence-corrected chi connectivity index (χ4v) is 1.52. The van der Waals surface area contributed by atoms with Crippen molar-refractivity contribution < 1.29 is 9.13 Å². The molecule has 90 valence electrons.